The molecule has 2 N–H and O–H groups in total. The first kappa shape index (κ1) is 15.6. The number of rotatable bonds is 2. The topological polar surface area (TPSA) is 61.0 Å². The van der Waals surface area contributed by atoms with E-state index >= 15 is 0 Å². The molecular formula is C13H11BrF3N3O. The van der Waals surface area contributed by atoms with Gasteiger partial charge in [0.1, 0.15) is 11.6 Å². The first-order valence-corrected chi connectivity index (χ1v) is 6.62. The van der Waals surface area contributed by atoms with Crippen LogP contribution >= 0.6 is 15.9 Å². The largest absolute Gasteiger partial charge is 0.451 e. The summed E-state index contributed by atoms with van der Waals surface area (Å²) < 4.78 is 44.1. The highest BCUT2D eigenvalue weighted by Gasteiger charge is 2.35. The molecule has 0 aliphatic carbocycles. The first-order valence-electron chi connectivity index (χ1n) is 5.83. The molecule has 0 saturated heterocycles. The van der Waals surface area contributed by atoms with Crippen molar-refractivity contribution in [2.75, 3.05) is 5.73 Å². The Morgan fingerprint density at radius 2 is 1.67 bits per heavy atom. The maximum atomic E-state index is 12.6. The minimum Gasteiger partial charge on any atom is -0.439 e. The summed E-state index contributed by atoms with van der Waals surface area (Å²) in [5.41, 5.74) is 7.14. The van der Waals surface area contributed by atoms with E-state index in [1.165, 1.54) is 0 Å². The van der Waals surface area contributed by atoms with Gasteiger partial charge < -0.3 is 10.5 Å². The van der Waals surface area contributed by atoms with E-state index in [2.05, 4.69) is 25.9 Å². The smallest absolute Gasteiger partial charge is 0.439 e. The number of aryl methyl sites for hydroxylation is 2. The Bertz CT molecular complexity index is 666. The lowest BCUT2D eigenvalue weighted by Gasteiger charge is -2.11. The molecule has 112 valence electrons. The van der Waals surface area contributed by atoms with Gasteiger partial charge in [-0.05, 0) is 37.1 Å². The zero-order valence-corrected chi connectivity index (χ0v) is 12.7. The molecular weight excluding hydrogens is 351 g/mol. The molecule has 0 aliphatic rings. The Balaban J connectivity index is 2.38. The van der Waals surface area contributed by atoms with Gasteiger partial charge in [-0.2, -0.15) is 18.2 Å². The van der Waals surface area contributed by atoms with E-state index in [4.69, 9.17) is 10.5 Å². The molecule has 0 atom stereocenters. The van der Waals surface area contributed by atoms with Gasteiger partial charge in [-0.25, -0.2) is 4.98 Å². The van der Waals surface area contributed by atoms with Crippen molar-refractivity contribution in [1.29, 1.82) is 0 Å². The number of benzene rings is 1. The number of nitrogen functional groups attached to an aromatic ring is 1. The third-order valence-electron chi connectivity index (χ3n) is 2.61. The summed E-state index contributed by atoms with van der Waals surface area (Å²) in [6.45, 7) is 3.69. The maximum absolute atomic E-state index is 12.6. The molecule has 4 nitrogen and oxygen atoms in total. The molecule has 0 fully saturated rings. The van der Waals surface area contributed by atoms with Crippen LogP contribution in [0.3, 0.4) is 0 Å². The Kier molecular flexibility index (Phi) is 4.08. The van der Waals surface area contributed by atoms with Crippen molar-refractivity contribution in [1.82, 2.24) is 9.97 Å². The fourth-order valence-corrected chi connectivity index (χ4v) is 1.94. The average molecular weight is 362 g/mol. The molecule has 1 aromatic carbocycles. The highest BCUT2D eigenvalue weighted by atomic mass is 79.9. The number of hydrogen-bond donors (Lipinski definition) is 1. The lowest BCUT2D eigenvalue weighted by molar-refractivity contribution is -0.145. The molecule has 21 heavy (non-hydrogen) atoms. The van der Waals surface area contributed by atoms with Gasteiger partial charge in [-0.3, -0.25) is 0 Å². The van der Waals surface area contributed by atoms with Crippen LogP contribution in [0.4, 0.5) is 19.0 Å². The molecule has 0 aliphatic heterocycles. The van der Waals surface area contributed by atoms with Crippen LogP contribution in [-0.2, 0) is 6.18 Å². The van der Waals surface area contributed by atoms with Gasteiger partial charge in [0.25, 0.3) is 0 Å². The number of nitrogens with zero attached hydrogens (tertiary/aromatic N) is 2. The molecule has 0 radical (unpaired) electrons. The van der Waals surface area contributed by atoms with Crippen molar-refractivity contribution >= 4 is 21.7 Å². The fourth-order valence-electron chi connectivity index (χ4n) is 1.71. The lowest BCUT2D eigenvalue weighted by Crippen LogP contribution is -2.12. The van der Waals surface area contributed by atoms with Crippen molar-refractivity contribution in [3.8, 4) is 11.6 Å². The summed E-state index contributed by atoms with van der Waals surface area (Å²) in [6.07, 6.45) is -4.68. The Hall–Kier alpha value is -1.83. The predicted molar refractivity (Wildman–Crippen MR) is 75.1 cm³/mol. The molecule has 0 unspecified atom stereocenters. The first-order chi connectivity index (χ1) is 9.66. The second kappa shape index (κ2) is 5.51. The van der Waals surface area contributed by atoms with Crippen molar-refractivity contribution < 1.29 is 17.9 Å². The quantitative estimate of drug-likeness (QED) is 0.868. The van der Waals surface area contributed by atoms with Gasteiger partial charge in [0, 0.05) is 10.5 Å². The zero-order valence-electron chi connectivity index (χ0n) is 11.1. The number of ether oxygens (including phenoxy) is 1. The van der Waals surface area contributed by atoms with E-state index in [1.807, 2.05) is 13.8 Å². The summed E-state index contributed by atoms with van der Waals surface area (Å²) in [5, 5.41) is 0. The minimum atomic E-state index is -4.68. The van der Waals surface area contributed by atoms with Crippen molar-refractivity contribution in [2.45, 2.75) is 20.0 Å². The van der Waals surface area contributed by atoms with Crippen LogP contribution in [0, 0.1) is 13.8 Å². The lowest BCUT2D eigenvalue weighted by atomic mass is 10.1. The van der Waals surface area contributed by atoms with Crippen LogP contribution in [0.15, 0.2) is 22.7 Å². The van der Waals surface area contributed by atoms with Crippen molar-refractivity contribution in [2.24, 2.45) is 0 Å². The van der Waals surface area contributed by atoms with E-state index in [9.17, 15) is 13.2 Å². The number of anilines is 1. The number of hydrogen-bond acceptors (Lipinski definition) is 4. The monoisotopic (exact) mass is 361 g/mol. The van der Waals surface area contributed by atoms with Crippen LogP contribution in [-0.4, -0.2) is 9.97 Å². The molecule has 8 heteroatoms. The highest BCUT2D eigenvalue weighted by Crippen LogP contribution is 2.32. The summed E-state index contributed by atoms with van der Waals surface area (Å²) >= 11 is 3.40. The highest BCUT2D eigenvalue weighted by molar-refractivity contribution is 9.10. The summed E-state index contributed by atoms with van der Waals surface area (Å²) in [5.74, 6) is -1.52. The third kappa shape index (κ3) is 3.63. The summed E-state index contributed by atoms with van der Waals surface area (Å²) in [4.78, 5) is 6.48. The zero-order chi connectivity index (χ0) is 15.8. The van der Waals surface area contributed by atoms with E-state index in [1.54, 1.807) is 12.1 Å². The van der Waals surface area contributed by atoms with Crippen LogP contribution in [0.5, 0.6) is 11.6 Å². The Morgan fingerprint density at radius 1 is 1.10 bits per heavy atom. The average Bonchev–Trinajstić information content (AvgIpc) is 2.34. The van der Waals surface area contributed by atoms with Gasteiger partial charge in [-0.1, -0.05) is 15.9 Å². The van der Waals surface area contributed by atoms with Crippen LogP contribution in [0.25, 0.3) is 0 Å². The Morgan fingerprint density at radius 3 is 2.19 bits per heavy atom. The fraction of sp³-hybridized carbons (Fsp3) is 0.231. The molecule has 0 saturated carbocycles. The molecule has 2 rings (SSSR count). The van der Waals surface area contributed by atoms with Gasteiger partial charge in [0.05, 0.1) is 0 Å². The number of alkyl halides is 3. The predicted octanol–water partition coefficient (Wildman–Crippen LogP) is 4.25. The van der Waals surface area contributed by atoms with Gasteiger partial charge in [0.2, 0.25) is 11.7 Å². The van der Waals surface area contributed by atoms with Crippen LogP contribution < -0.4 is 10.5 Å². The molecule has 1 aromatic heterocycles. The number of aromatic nitrogens is 2. The summed E-state index contributed by atoms with van der Waals surface area (Å²) in [6, 6.07) is 4.51. The van der Waals surface area contributed by atoms with Crippen molar-refractivity contribution in [3.63, 3.8) is 0 Å². The second-order valence-corrected chi connectivity index (χ2v) is 5.22. The Labute approximate surface area is 127 Å². The summed E-state index contributed by atoms with van der Waals surface area (Å²) in [7, 11) is 0. The maximum Gasteiger partial charge on any atom is 0.451 e. The number of halogens is 4. The van der Waals surface area contributed by atoms with E-state index in [-0.39, 0.29) is 11.7 Å². The number of nitrogens with two attached hydrogens (primary N) is 1. The second-order valence-electron chi connectivity index (χ2n) is 4.43. The van der Waals surface area contributed by atoms with Gasteiger partial charge in [0.15, 0.2) is 0 Å². The van der Waals surface area contributed by atoms with E-state index < -0.39 is 12.0 Å². The van der Waals surface area contributed by atoms with Gasteiger partial charge >= 0.3 is 6.18 Å². The normalized spacial score (nSPS) is 11.5. The standard InChI is InChI=1S/C13H11BrF3N3O/c1-6-3-8(4-7(2)11(6)14)21-10-5-9(18)19-12(20-10)13(15,16)17/h3-5H,1-2H3,(H2,18,19,20). The molecule has 1 heterocycles. The van der Waals surface area contributed by atoms with Crippen LogP contribution in [0.2, 0.25) is 0 Å². The molecule has 0 bridgehead atoms. The minimum absolute atomic E-state index is 0.254. The van der Waals surface area contributed by atoms with Gasteiger partial charge in [-0.15, -0.1) is 0 Å². The SMILES string of the molecule is Cc1cc(Oc2cc(N)nc(C(F)(F)F)n2)cc(C)c1Br. The van der Waals surface area contributed by atoms with E-state index in [0.29, 0.717) is 5.75 Å². The molecule has 0 spiro atoms. The molecule has 2 aromatic rings. The molecule has 0 amide bonds. The van der Waals surface area contributed by atoms with Crippen LogP contribution in [0.1, 0.15) is 17.0 Å². The third-order valence-corrected chi connectivity index (χ3v) is 3.86. The van der Waals surface area contributed by atoms with E-state index in [0.717, 1.165) is 21.7 Å². The van der Waals surface area contributed by atoms with Crippen molar-refractivity contribution in [3.05, 3.63) is 39.6 Å².